The molecule has 3 heteroatoms. The van der Waals surface area contributed by atoms with Crippen molar-refractivity contribution in [1.29, 1.82) is 0 Å². The van der Waals surface area contributed by atoms with Crippen LogP contribution in [0.1, 0.15) is 24.8 Å². The van der Waals surface area contributed by atoms with Gasteiger partial charge in [0.25, 0.3) is 0 Å². The van der Waals surface area contributed by atoms with Gasteiger partial charge in [0, 0.05) is 12.2 Å². The minimum atomic E-state index is 0.632. The molecule has 1 fully saturated rings. The van der Waals surface area contributed by atoms with Crippen molar-refractivity contribution in [3.63, 3.8) is 0 Å². The molecule has 0 saturated carbocycles. The molecule has 0 aliphatic carbocycles. The Hall–Kier alpha value is -1.61. The van der Waals surface area contributed by atoms with Crippen LogP contribution >= 0.6 is 0 Å². The molecule has 3 nitrogen and oxygen atoms in total. The minimum Gasteiger partial charge on any atom is -0.314 e. The molecule has 1 N–H and O–H groups in total. The number of hydrogen-bond donors (Lipinski definition) is 1. The van der Waals surface area contributed by atoms with E-state index < -0.39 is 0 Å². The first-order valence-electron chi connectivity index (χ1n) is 6.74. The summed E-state index contributed by atoms with van der Waals surface area (Å²) in [4.78, 5) is 0. The van der Waals surface area contributed by atoms with Gasteiger partial charge in [-0.2, -0.15) is 5.10 Å². The maximum absolute atomic E-state index is 4.44. The van der Waals surface area contributed by atoms with E-state index in [-0.39, 0.29) is 0 Å². The van der Waals surface area contributed by atoms with E-state index in [1.54, 1.807) is 0 Å². The van der Waals surface area contributed by atoms with Gasteiger partial charge in [0.05, 0.1) is 11.9 Å². The van der Waals surface area contributed by atoms with Gasteiger partial charge in [-0.1, -0.05) is 24.6 Å². The smallest absolute Gasteiger partial charge is 0.0645 e. The molecule has 94 valence electrons. The van der Waals surface area contributed by atoms with Crippen molar-refractivity contribution in [2.45, 2.75) is 31.7 Å². The average Bonchev–Trinajstić information content (AvgIpc) is 2.89. The highest BCUT2D eigenvalue weighted by molar-refractivity contribution is 5.31. The lowest BCUT2D eigenvalue weighted by atomic mass is 10.00. The molecule has 1 aliphatic heterocycles. The summed E-state index contributed by atoms with van der Waals surface area (Å²) in [5.74, 6) is 0. The van der Waals surface area contributed by atoms with E-state index >= 15 is 0 Å². The molecule has 2 heterocycles. The molecule has 1 saturated heterocycles. The number of rotatable bonds is 3. The largest absolute Gasteiger partial charge is 0.314 e. The maximum Gasteiger partial charge on any atom is 0.0645 e. The molecule has 1 unspecified atom stereocenters. The number of hydrogen-bond acceptors (Lipinski definition) is 2. The second kappa shape index (κ2) is 5.36. The van der Waals surface area contributed by atoms with Gasteiger partial charge in [0.1, 0.15) is 0 Å². The molecule has 0 radical (unpaired) electrons. The highest BCUT2D eigenvalue weighted by Crippen LogP contribution is 2.14. The lowest BCUT2D eigenvalue weighted by Crippen LogP contribution is -2.35. The Balaban J connectivity index is 1.69. The molecule has 2 aromatic rings. The Bertz CT molecular complexity index is 483. The Kier molecular flexibility index (Phi) is 3.42. The van der Waals surface area contributed by atoms with Gasteiger partial charge >= 0.3 is 0 Å². The molecule has 3 rings (SSSR count). The Morgan fingerprint density at radius 1 is 1.22 bits per heavy atom. The van der Waals surface area contributed by atoms with Crippen LogP contribution in [0.5, 0.6) is 0 Å². The fourth-order valence-corrected chi connectivity index (χ4v) is 2.57. The first kappa shape index (κ1) is 11.5. The number of benzene rings is 1. The van der Waals surface area contributed by atoms with Gasteiger partial charge in [-0.3, -0.25) is 0 Å². The van der Waals surface area contributed by atoms with Gasteiger partial charge in [-0.05, 0) is 43.5 Å². The highest BCUT2D eigenvalue weighted by atomic mass is 15.3. The molecular formula is C15H19N3. The van der Waals surface area contributed by atoms with Crippen LogP contribution in [0, 0.1) is 0 Å². The van der Waals surface area contributed by atoms with Crippen LogP contribution in [0.25, 0.3) is 5.69 Å². The number of nitrogens with one attached hydrogen (secondary N) is 1. The van der Waals surface area contributed by atoms with Crippen molar-refractivity contribution in [2.75, 3.05) is 6.54 Å². The van der Waals surface area contributed by atoms with Crippen LogP contribution in [0.4, 0.5) is 0 Å². The van der Waals surface area contributed by atoms with Gasteiger partial charge in [-0.25, -0.2) is 4.68 Å². The van der Waals surface area contributed by atoms with Crippen molar-refractivity contribution < 1.29 is 0 Å². The molecule has 0 bridgehead atoms. The fourth-order valence-electron chi connectivity index (χ4n) is 2.57. The standard InChI is InChI=1S/C15H19N3/c1-2-7-15(8-3-1)18-12-13(11-17-18)10-14-6-4-5-9-16-14/h1-3,7-8,11-12,14,16H,4-6,9-10H2. The van der Waals surface area contributed by atoms with E-state index in [0.717, 1.165) is 18.7 Å². The van der Waals surface area contributed by atoms with E-state index in [9.17, 15) is 0 Å². The van der Waals surface area contributed by atoms with Crippen LogP contribution in [0.2, 0.25) is 0 Å². The van der Waals surface area contributed by atoms with Gasteiger partial charge in [0.15, 0.2) is 0 Å². The summed E-state index contributed by atoms with van der Waals surface area (Å²) >= 11 is 0. The van der Waals surface area contributed by atoms with Crippen LogP contribution in [-0.4, -0.2) is 22.4 Å². The highest BCUT2D eigenvalue weighted by Gasteiger charge is 2.13. The summed E-state index contributed by atoms with van der Waals surface area (Å²) in [6.07, 6.45) is 9.18. The molecule has 1 atom stereocenters. The average molecular weight is 241 g/mol. The third-order valence-corrected chi connectivity index (χ3v) is 3.55. The molecular weight excluding hydrogens is 222 g/mol. The molecule has 0 amide bonds. The summed E-state index contributed by atoms with van der Waals surface area (Å²) in [5, 5.41) is 8.02. The monoisotopic (exact) mass is 241 g/mol. The second-order valence-corrected chi connectivity index (χ2v) is 4.98. The molecule has 18 heavy (non-hydrogen) atoms. The van der Waals surface area contributed by atoms with Gasteiger partial charge in [0.2, 0.25) is 0 Å². The third kappa shape index (κ3) is 2.62. The molecule has 1 aliphatic rings. The Labute approximate surface area is 108 Å². The van der Waals surface area contributed by atoms with Crippen molar-refractivity contribution in [3.05, 3.63) is 48.3 Å². The van der Waals surface area contributed by atoms with Crippen LogP contribution in [0.3, 0.4) is 0 Å². The Morgan fingerprint density at radius 3 is 2.89 bits per heavy atom. The van der Waals surface area contributed by atoms with Gasteiger partial charge < -0.3 is 5.32 Å². The van der Waals surface area contributed by atoms with Crippen molar-refractivity contribution in [1.82, 2.24) is 15.1 Å². The molecule has 1 aromatic carbocycles. The summed E-state index contributed by atoms with van der Waals surface area (Å²) in [5.41, 5.74) is 2.44. The van der Waals surface area contributed by atoms with Crippen molar-refractivity contribution in [3.8, 4) is 5.69 Å². The predicted molar refractivity (Wildman–Crippen MR) is 72.9 cm³/mol. The van der Waals surface area contributed by atoms with Crippen LogP contribution in [0.15, 0.2) is 42.7 Å². The predicted octanol–water partition coefficient (Wildman–Crippen LogP) is 2.56. The third-order valence-electron chi connectivity index (χ3n) is 3.55. The summed E-state index contributed by atoms with van der Waals surface area (Å²) in [7, 11) is 0. The van der Waals surface area contributed by atoms with Crippen LogP contribution in [-0.2, 0) is 6.42 Å². The SMILES string of the molecule is c1ccc(-n2cc(CC3CCCCN3)cn2)cc1. The zero-order valence-electron chi connectivity index (χ0n) is 10.5. The zero-order valence-corrected chi connectivity index (χ0v) is 10.5. The normalized spacial score (nSPS) is 19.9. The van der Waals surface area contributed by atoms with E-state index in [1.165, 1.54) is 24.8 Å². The van der Waals surface area contributed by atoms with Crippen LogP contribution < -0.4 is 5.32 Å². The topological polar surface area (TPSA) is 29.9 Å². The summed E-state index contributed by atoms with van der Waals surface area (Å²) < 4.78 is 1.96. The lowest BCUT2D eigenvalue weighted by molar-refractivity contribution is 0.399. The van der Waals surface area contributed by atoms with E-state index in [4.69, 9.17) is 0 Å². The minimum absolute atomic E-state index is 0.632. The first-order chi connectivity index (χ1) is 8.92. The van der Waals surface area contributed by atoms with E-state index in [1.807, 2.05) is 29.1 Å². The number of nitrogens with zero attached hydrogens (tertiary/aromatic N) is 2. The van der Waals surface area contributed by atoms with Crippen molar-refractivity contribution in [2.24, 2.45) is 0 Å². The molecule has 0 spiro atoms. The summed E-state index contributed by atoms with van der Waals surface area (Å²) in [6.45, 7) is 1.16. The number of piperidine rings is 1. The number of aromatic nitrogens is 2. The maximum atomic E-state index is 4.44. The van der Waals surface area contributed by atoms with Crippen molar-refractivity contribution >= 4 is 0 Å². The number of para-hydroxylation sites is 1. The molecule has 1 aromatic heterocycles. The quantitative estimate of drug-likeness (QED) is 0.895. The fraction of sp³-hybridized carbons (Fsp3) is 0.400. The van der Waals surface area contributed by atoms with Gasteiger partial charge in [-0.15, -0.1) is 0 Å². The second-order valence-electron chi connectivity index (χ2n) is 4.98. The lowest BCUT2D eigenvalue weighted by Gasteiger charge is -2.22. The summed E-state index contributed by atoms with van der Waals surface area (Å²) in [6, 6.07) is 10.9. The zero-order chi connectivity index (χ0) is 12.2. The Morgan fingerprint density at radius 2 is 2.11 bits per heavy atom. The van der Waals surface area contributed by atoms with E-state index in [2.05, 4.69) is 28.7 Å². The van der Waals surface area contributed by atoms with E-state index in [0.29, 0.717) is 6.04 Å². The first-order valence-corrected chi connectivity index (χ1v) is 6.74.